The maximum absolute atomic E-state index is 10.7. The zero-order valence-electron chi connectivity index (χ0n) is 14.3. The highest BCUT2D eigenvalue weighted by Gasteiger charge is 2.06. The van der Waals surface area contributed by atoms with E-state index in [1.807, 2.05) is 0 Å². The zero-order valence-corrected chi connectivity index (χ0v) is 14.3. The predicted octanol–water partition coefficient (Wildman–Crippen LogP) is 0.772. The molecule has 0 aliphatic rings. The molecule has 0 heterocycles. The first kappa shape index (κ1) is 24.1. The fourth-order valence-corrected chi connectivity index (χ4v) is 1.05. The summed E-state index contributed by atoms with van der Waals surface area (Å²) in [4.78, 5) is 42.3. The van der Waals surface area contributed by atoms with Crippen LogP contribution in [0, 0.1) is 0 Å². The smallest absolute Gasteiger partial charge is 0.330 e. The highest BCUT2D eigenvalue weighted by molar-refractivity contribution is 5.89. The number of ether oxygens (including phenoxy) is 2. The van der Waals surface area contributed by atoms with Gasteiger partial charge in [0.1, 0.15) is 6.10 Å². The molecule has 2 N–H and O–H groups in total. The quantitative estimate of drug-likeness (QED) is 0.341. The molecule has 0 aromatic carbocycles. The summed E-state index contributed by atoms with van der Waals surface area (Å²) in [6, 6.07) is 0. The maximum atomic E-state index is 10.7. The van der Waals surface area contributed by atoms with E-state index in [1.54, 1.807) is 6.92 Å². The van der Waals surface area contributed by atoms with Crippen LogP contribution in [0.4, 0.5) is 0 Å². The molecule has 0 bridgehead atoms. The van der Waals surface area contributed by atoms with Gasteiger partial charge in [0.25, 0.3) is 0 Å². The molecule has 0 aromatic rings. The molecule has 0 saturated carbocycles. The van der Waals surface area contributed by atoms with E-state index in [4.69, 9.17) is 9.47 Å². The maximum Gasteiger partial charge on any atom is 0.330 e. The molecule has 0 fully saturated rings. The van der Waals surface area contributed by atoms with Crippen molar-refractivity contribution in [2.24, 2.45) is 0 Å². The van der Waals surface area contributed by atoms with Crippen molar-refractivity contribution >= 4 is 23.8 Å². The number of hydrogen-bond donors (Lipinski definition) is 2. The molecule has 25 heavy (non-hydrogen) atoms. The number of esters is 2. The number of carbonyl (C=O) groups is 4. The van der Waals surface area contributed by atoms with Gasteiger partial charge in [0.2, 0.25) is 11.8 Å². The Balaban J connectivity index is 0. The molecule has 0 saturated heterocycles. The molecule has 0 aliphatic carbocycles. The Morgan fingerprint density at radius 3 is 1.76 bits per heavy atom. The third-order valence-electron chi connectivity index (χ3n) is 2.32. The lowest BCUT2D eigenvalue weighted by atomic mass is 10.3. The van der Waals surface area contributed by atoms with E-state index in [0.29, 0.717) is 6.42 Å². The van der Waals surface area contributed by atoms with Crippen LogP contribution in [-0.4, -0.2) is 43.1 Å². The summed E-state index contributed by atoms with van der Waals surface area (Å²) in [6.45, 7) is 15.0. The minimum Gasteiger partial charge on any atom is -0.462 e. The van der Waals surface area contributed by atoms with Gasteiger partial charge < -0.3 is 20.1 Å². The Morgan fingerprint density at radius 2 is 1.36 bits per heavy atom. The predicted molar refractivity (Wildman–Crippen MR) is 93.1 cm³/mol. The SMILES string of the molecule is C=CC(=O)NCNC(=O)C=C.C=CC(=O)OCCC(C)OC(=O)C=C. The Kier molecular flexibility index (Phi) is 15.2. The van der Waals surface area contributed by atoms with Gasteiger partial charge in [0, 0.05) is 18.6 Å². The molecule has 1 atom stereocenters. The lowest BCUT2D eigenvalue weighted by molar-refractivity contribution is -0.144. The van der Waals surface area contributed by atoms with Gasteiger partial charge in [-0.3, -0.25) is 9.59 Å². The van der Waals surface area contributed by atoms with E-state index in [-0.39, 0.29) is 31.2 Å². The van der Waals surface area contributed by atoms with Crippen LogP contribution in [0.1, 0.15) is 13.3 Å². The second kappa shape index (κ2) is 15.7. The first-order chi connectivity index (χ1) is 11.8. The molecule has 0 aliphatic heterocycles. The summed E-state index contributed by atoms with van der Waals surface area (Å²) in [5, 5.41) is 4.72. The zero-order chi connectivity index (χ0) is 19.7. The van der Waals surface area contributed by atoms with E-state index < -0.39 is 11.9 Å². The van der Waals surface area contributed by atoms with Crippen LogP contribution in [0.2, 0.25) is 0 Å². The van der Waals surface area contributed by atoms with E-state index in [9.17, 15) is 19.2 Å². The highest BCUT2D eigenvalue weighted by atomic mass is 16.6. The third-order valence-corrected chi connectivity index (χ3v) is 2.32. The van der Waals surface area contributed by atoms with Gasteiger partial charge in [0.05, 0.1) is 13.3 Å². The van der Waals surface area contributed by atoms with Crippen molar-refractivity contribution < 1.29 is 28.7 Å². The molecular weight excluding hydrogens is 328 g/mol. The van der Waals surface area contributed by atoms with Crippen molar-refractivity contribution in [2.75, 3.05) is 13.3 Å². The van der Waals surface area contributed by atoms with Gasteiger partial charge in [-0.1, -0.05) is 26.3 Å². The lowest BCUT2D eigenvalue weighted by Crippen LogP contribution is -2.35. The Labute approximate surface area is 147 Å². The molecule has 8 nitrogen and oxygen atoms in total. The van der Waals surface area contributed by atoms with Gasteiger partial charge in [-0.05, 0) is 19.1 Å². The number of rotatable bonds is 10. The first-order valence-electron chi connectivity index (χ1n) is 7.23. The highest BCUT2D eigenvalue weighted by Crippen LogP contribution is 1.99. The molecule has 2 amide bonds. The number of nitrogens with one attached hydrogen (secondary N) is 2. The van der Waals surface area contributed by atoms with Gasteiger partial charge in [-0.25, -0.2) is 9.59 Å². The summed E-state index contributed by atoms with van der Waals surface area (Å²) in [5.74, 6) is -1.61. The summed E-state index contributed by atoms with van der Waals surface area (Å²) >= 11 is 0. The van der Waals surface area contributed by atoms with Crippen LogP contribution in [0.3, 0.4) is 0 Å². The Bertz CT molecular complexity index is 493. The fourth-order valence-electron chi connectivity index (χ4n) is 1.05. The van der Waals surface area contributed by atoms with Crippen LogP contribution < -0.4 is 10.6 Å². The van der Waals surface area contributed by atoms with Crippen LogP contribution in [0.15, 0.2) is 50.6 Å². The van der Waals surface area contributed by atoms with Crippen LogP contribution in [-0.2, 0) is 28.7 Å². The van der Waals surface area contributed by atoms with Gasteiger partial charge in [-0.15, -0.1) is 0 Å². The number of carbonyl (C=O) groups excluding carboxylic acids is 4. The average molecular weight is 352 g/mol. The van der Waals surface area contributed by atoms with Crippen LogP contribution in [0.25, 0.3) is 0 Å². The summed E-state index contributed by atoms with van der Waals surface area (Å²) in [6.07, 6.45) is 4.59. The van der Waals surface area contributed by atoms with E-state index >= 15 is 0 Å². The summed E-state index contributed by atoms with van der Waals surface area (Å²) in [7, 11) is 0. The molecule has 0 aromatic heterocycles. The standard InChI is InChI=1S/C10H14O4.C7H10N2O2/c1-4-9(11)13-7-6-8(3)14-10(12)5-2;1-3-6(10)8-5-9-7(11)4-2/h4-5,8H,1-2,6-7H2,3H3;3-4H,1-2,5H2,(H,8,10)(H,9,11). The van der Waals surface area contributed by atoms with E-state index in [1.165, 1.54) is 0 Å². The van der Waals surface area contributed by atoms with Crippen LogP contribution >= 0.6 is 0 Å². The largest absolute Gasteiger partial charge is 0.462 e. The van der Waals surface area contributed by atoms with Gasteiger partial charge >= 0.3 is 11.9 Å². The average Bonchev–Trinajstić information content (AvgIpc) is 2.61. The second-order valence-corrected chi connectivity index (χ2v) is 4.28. The fraction of sp³-hybridized carbons (Fsp3) is 0.294. The van der Waals surface area contributed by atoms with Crippen LogP contribution in [0.5, 0.6) is 0 Å². The number of hydrogen-bond acceptors (Lipinski definition) is 6. The monoisotopic (exact) mass is 352 g/mol. The van der Waals surface area contributed by atoms with E-state index in [2.05, 4.69) is 36.9 Å². The molecule has 8 heteroatoms. The van der Waals surface area contributed by atoms with Crippen molar-refractivity contribution in [1.82, 2.24) is 10.6 Å². The molecule has 0 rings (SSSR count). The molecule has 138 valence electrons. The number of amides is 2. The lowest BCUT2D eigenvalue weighted by Gasteiger charge is -2.11. The topological polar surface area (TPSA) is 111 Å². The first-order valence-corrected chi connectivity index (χ1v) is 7.23. The third kappa shape index (κ3) is 17.0. The summed E-state index contributed by atoms with van der Waals surface area (Å²) < 4.78 is 9.54. The minimum atomic E-state index is -0.479. The normalized spacial score (nSPS) is 9.80. The van der Waals surface area contributed by atoms with Crippen molar-refractivity contribution in [3.63, 3.8) is 0 Å². The molecular formula is C17H24N2O6. The van der Waals surface area contributed by atoms with Gasteiger partial charge in [-0.2, -0.15) is 0 Å². The molecule has 0 spiro atoms. The molecule has 1 unspecified atom stereocenters. The second-order valence-electron chi connectivity index (χ2n) is 4.28. The van der Waals surface area contributed by atoms with Gasteiger partial charge in [0.15, 0.2) is 0 Å². The Morgan fingerprint density at radius 1 is 0.880 bits per heavy atom. The Hall–Kier alpha value is -3.16. The molecule has 0 radical (unpaired) electrons. The van der Waals surface area contributed by atoms with Crippen molar-refractivity contribution in [3.8, 4) is 0 Å². The van der Waals surface area contributed by atoms with Crippen molar-refractivity contribution in [1.29, 1.82) is 0 Å². The van der Waals surface area contributed by atoms with Crippen molar-refractivity contribution in [3.05, 3.63) is 50.6 Å². The van der Waals surface area contributed by atoms with E-state index in [0.717, 1.165) is 24.3 Å². The summed E-state index contributed by atoms with van der Waals surface area (Å²) in [5.41, 5.74) is 0. The minimum absolute atomic E-state index is 0.0930. The van der Waals surface area contributed by atoms with Crippen molar-refractivity contribution in [2.45, 2.75) is 19.4 Å².